The van der Waals surface area contributed by atoms with Gasteiger partial charge in [-0.05, 0) is 55.3 Å². The van der Waals surface area contributed by atoms with Crippen molar-refractivity contribution in [3.8, 4) is 0 Å². The molecule has 1 nitrogen and oxygen atoms in total. The molecule has 0 aliphatic heterocycles. The van der Waals surface area contributed by atoms with Gasteiger partial charge in [0.15, 0.2) is 0 Å². The molecule has 0 heterocycles. The Labute approximate surface area is 130 Å². The molecule has 0 aromatic heterocycles. The van der Waals surface area contributed by atoms with E-state index < -0.39 is 5.60 Å². The largest absolute Gasteiger partial charge is 0.386 e. The van der Waals surface area contributed by atoms with Gasteiger partial charge in [-0.3, -0.25) is 0 Å². The minimum absolute atomic E-state index is 0.283. The van der Waals surface area contributed by atoms with Crippen LogP contribution in [0.5, 0.6) is 0 Å². The number of fused-ring (bicyclic) bond motifs is 1. The van der Waals surface area contributed by atoms with Gasteiger partial charge in [0.2, 0.25) is 0 Å². The fraction of sp³-hybridized carbons (Fsp3) is 0.700. The van der Waals surface area contributed by atoms with E-state index in [4.69, 9.17) is 0 Å². The van der Waals surface area contributed by atoms with Crippen LogP contribution in [-0.2, 0) is 0 Å². The maximum atomic E-state index is 10.3. The van der Waals surface area contributed by atoms with Gasteiger partial charge in [-0.15, -0.1) is 6.58 Å². The molecular weight excluding hydrogens is 256 g/mol. The quantitative estimate of drug-likeness (QED) is 0.698. The Morgan fingerprint density at radius 3 is 2.67 bits per heavy atom. The molecule has 2 rings (SSSR count). The van der Waals surface area contributed by atoms with Gasteiger partial charge in [-0.25, -0.2) is 0 Å². The lowest BCUT2D eigenvalue weighted by Crippen LogP contribution is -2.47. The number of allylic oxidation sites excluding steroid dienone is 3. The molecule has 118 valence electrons. The van der Waals surface area contributed by atoms with Gasteiger partial charge >= 0.3 is 0 Å². The summed E-state index contributed by atoms with van der Waals surface area (Å²) < 4.78 is 0. The predicted octanol–water partition coefficient (Wildman–Crippen LogP) is 5.28. The molecule has 0 unspecified atom stereocenters. The second-order valence-electron chi connectivity index (χ2n) is 8.41. The summed E-state index contributed by atoms with van der Waals surface area (Å²) in [5.41, 5.74) is 1.12. The van der Waals surface area contributed by atoms with Crippen LogP contribution >= 0.6 is 0 Å². The van der Waals surface area contributed by atoms with E-state index in [1.165, 1.54) is 24.8 Å². The maximum absolute atomic E-state index is 10.3. The number of aliphatic hydroxyl groups is 1. The Morgan fingerprint density at radius 2 is 2.05 bits per heavy atom. The number of hydrogen-bond donors (Lipinski definition) is 1. The number of rotatable bonds is 4. The van der Waals surface area contributed by atoms with Crippen LogP contribution in [0.1, 0.15) is 59.8 Å². The Morgan fingerprint density at radius 1 is 1.38 bits per heavy atom. The van der Waals surface area contributed by atoms with E-state index >= 15 is 0 Å². The highest BCUT2D eigenvalue weighted by Gasteiger charge is 2.51. The van der Waals surface area contributed by atoms with Crippen molar-refractivity contribution in [2.75, 3.05) is 0 Å². The first-order chi connectivity index (χ1) is 9.62. The zero-order valence-electron chi connectivity index (χ0n) is 14.3. The third kappa shape index (κ3) is 3.04. The summed E-state index contributed by atoms with van der Waals surface area (Å²) >= 11 is 0. The van der Waals surface area contributed by atoms with Crippen molar-refractivity contribution in [2.45, 2.75) is 65.4 Å². The van der Waals surface area contributed by atoms with E-state index in [1.807, 2.05) is 6.92 Å². The van der Waals surface area contributed by atoms with Gasteiger partial charge < -0.3 is 5.11 Å². The van der Waals surface area contributed by atoms with Crippen molar-refractivity contribution in [2.24, 2.45) is 22.7 Å². The van der Waals surface area contributed by atoms with E-state index in [2.05, 4.69) is 46.1 Å². The topological polar surface area (TPSA) is 20.2 Å². The molecule has 0 saturated heterocycles. The van der Waals surface area contributed by atoms with Crippen LogP contribution in [0.4, 0.5) is 0 Å². The van der Waals surface area contributed by atoms with Gasteiger partial charge in [-0.1, -0.05) is 57.6 Å². The average Bonchev–Trinajstić information content (AvgIpc) is 2.36. The average molecular weight is 288 g/mol. The summed E-state index contributed by atoms with van der Waals surface area (Å²) in [7, 11) is 0. The standard InChI is InChI=1S/C20H32O/c1-7-19(5,21)14-11-16-15(2)9-10-17-18(3,4)12-8-13-20(16,17)6/h7,9-10,16-17,21H,1-2,8,11-14H2,3-6H3/t16-,17-,19+,20+/m0/s1. The molecule has 0 bridgehead atoms. The fourth-order valence-electron chi connectivity index (χ4n) is 4.81. The second-order valence-corrected chi connectivity index (χ2v) is 8.41. The molecule has 4 atom stereocenters. The van der Waals surface area contributed by atoms with Gasteiger partial charge in [-0.2, -0.15) is 0 Å². The molecule has 2 aliphatic rings. The van der Waals surface area contributed by atoms with Crippen molar-refractivity contribution in [3.05, 3.63) is 37.0 Å². The van der Waals surface area contributed by atoms with E-state index in [9.17, 15) is 5.11 Å². The normalized spacial score (nSPS) is 37.7. The Bertz CT molecular complexity index is 454. The van der Waals surface area contributed by atoms with E-state index in [0.717, 1.165) is 12.8 Å². The van der Waals surface area contributed by atoms with Crippen molar-refractivity contribution < 1.29 is 5.11 Å². The molecule has 0 radical (unpaired) electrons. The first-order valence-corrected chi connectivity index (χ1v) is 8.35. The first-order valence-electron chi connectivity index (χ1n) is 8.35. The zero-order chi connectivity index (χ0) is 15.9. The highest BCUT2D eigenvalue weighted by atomic mass is 16.3. The minimum atomic E-state index is -0.766. The molecule has 0 aromatic carbocycles. The molecular formula is C20H32O. The molecule has 1 N–H and O–H groups in total. The van der Waals surface area contributed by atoms with Crippen LogP contribution in [0.15, 0.2) is 37.0 Å². The van der Waals surface area contributed by atoms with E-state index in [-0.39, 0.29) is 5.41 Å². The Hall–Kier alpha value is -0.820. The summed E-state index contributed by atoms with van der Waals surface area (Å²) in [5.74, 6) is 1.08. The zero-order valence-corrected chi connectivity index (χ0v) is 14.3. The second kappa shape index (κ2) is 5.43. The van der Waals surface area contributed by atoms with Crippen molar-refractivity contribution >= 4 is 0 Å². The van der Waals surface area contributed by atoms with Gasteiger partial charge in [0.1, 0.15) is 0 Å². The molecule has 1 fully saturated rings. The summed E-state index contributed by atoms with van der Waals surface area (Å²) in [6.07, 6.45) is 11.9. The van der Waals surface area contributed by atoms with Crippen molar-refractivity contribution in [1.82, 2.24) is 0 Å². The lowest BCUT2D eigenvalue weighted by Gasteiger charge is -2.56. The van der Waals surface area contributed by atoms with Crippen molar-refractivity contribution in [3.63, 3.8) is 0 Å². The maximum Gasteiger partial charge on any atom is 0.0797 e. The summed E-state index contributed by atoms with van der Waals surface area (Å²) in [6.45, 7) is 17.2. The predicted molar refractivity (Wildman–Crippen MR) is 91.1 cm³/mol. The van der Waals surface area contributed by atoms with Crippen LogP contribution in [-0.4, -0.2) is 10.7 Å². The Balaban J connectivity index is 2.26. The summed E-state index contributed by atoms with van der Waals surface area (Å²) in [6, 6.07) is 0. The smallest absolute Gasteiger partial charge is 0.0797 e. The summed E-state index contributed by atoms with van der Waals surface area (Å²) in [4.78, 5) is 0. The highest BCUT2D eigenvalue weighted by molar-refractivity contribution is 5.29. The van der Waals surface area contributed by atoms with Crippen molar-refractivity contribution in [1.29, 1.82) is 0 Å². The monoisotopic (exact) mass is 288 g/mol. The van der Waals surface area contributed by atoms with Gasteiger partial charge in [0, 0.05) is 0 Å². The van der Waals surface area contributed by atoms with Gasteiger partial charge in [0.25, 0.3) is 0 Å². The van der Waals surface area contributed by atoms with Crippen LogP contribution in [0.25, 0.3) is 0 Å². The van der Waals surface area contributed by atoms with Crippen LogP contribution in [0.3, 0.4) is 0 Å². The molecule has 1 heteroatoms. The fourth-order valence-corrected chi connectivity index (χ4v) is 4.81. The van der Waals surface area contributed by atoms with E-state index in [1.54, 1.807) is 6.08 Å². The molecule has 0 spiro atoms. The molecule has 1 saturated carbocycles. The molecule has 0 amide bonds. The number of hydrogen-bond acceptors (Lipinski definition) is 1. The molecule has 0 aromatic rings. The third-order valence-electron chi connectivity index (χ3n) is 6.21. The minimum Gasteiger partial charge on any atom is -0.386 e. The SMILES string of the molecule is C=C[C@@](C)(O)CC[C@H]1C(=C)C=C[C@H]2C(C)(C)CCC[C@]12C. The lowest BCUT2D eigenvalue weighted by molar-refractivity contribution is -0.0143. The van der Waals surface area contributed by atoms with Crippen LogP contribution in [0.2, 0.25) is 0 Å². The third-order valence-corrected chi connectivity index (χ3v) is 6.21. The lowest BCUT2D eigenvalue weighted by atomic mass is 9.49. The van der Waals surface area contributed by atoms with Crippen LogP contribution in [0, 0.1) is 22.7 Å². The highest BCUT2D eigenvalue weighted by Crippen LogP contribution is 2.59. The molecule has 21 heavy (non-hydrogen) atoms. The van der Waals surface area contributed by atoms with E-state index in [0.29, 0.717) is 17.3 Å². The van der Waals surface area contributed by atoms with Crippen LogP contribution < -0.4 is 0 Å². The Kier molecular flexibility index (Phi) is 4.28. The molecule has 2 aliphatic carbocycles. The summed E-state index contributed by atoms with van der Waals surface area (Å²) in [5, 5.41) is 10.3. The first kappa shape index (κ1) is 16.5. The van der Waals surface area contributed by atoms with Gasteiger partial charge in [0.05, 0.1) is 5.60 Å².